The molecule has 0 spiro atoms. The number of phosphoric acid groups is 1. The quantitative estimate of drug-likeness (QED) is 0.0211. The van der Waals surface area contributed by atoms with Crippen LogP contribution in [0.2, 0.25) is 0 Å². The molecule has 0 aromatic rings. The fourth-order valence-electron chi connectivity index (χ4n) is 8.78. The maximum Gasteiger partial charge on any atom is 0.472 e. The summed E-state index contributed by atoms with van der Waals surface area (Å²) in [4.78, 5) is 35.7. The summed E-state index contributed by atoms with van der Waals surface area (Å²) in [5.41, 5.74) is 0. The number of allylic oxidation sites excluding steroid dienone is 14. The number of quaternary nitrogens is 1. The van der Waals surface area contributed by atoms with E-state index in [4.69, 9.17) is 18.5 Å². The normalized spacial score (nSPS) is 13.8. The van der Waals surface area contributed by atoms with Gasteiger partial charge in [-0.2, -0.15) is 0 Å². The highest BCUT2D eigenvalue weighted by atomic mass is 31.2. The molecule has 9 nitrogen and oxygen atoms in total. The molecular weight excluding hydrogens is 978 g/mol. The topological polar surface area (TPSA) is 108 Å². The Labute approximate surface area is 475 Å². The molecule has 0 radical (unpaired) electrons. The van der Waals surface area contributed by atoms with Crippen molar-refractivity contribution in [1.82, 2.24) is 0 Å². The number of likely N-dealkylation sites (N-methyl/N-ethyl adjacent to an activating group) is 1. The Balaban J connectivity index is 4.03. The first-order valence-corrected chi connectivity index (χ1v) is 33.3. The number of phosphoric ester groups is 1. The molecule has 0 heterocycles. The van der Waals surface area contributed by atoms with Gasteiger partial charge in [0.05, 0.1) is 27.7 Å². The maximum absolute atomic E-state index is 12.8. The third-order valence-corrected chi connectivity index (χ3v) is 14.6. The van der Waals surface area contributed by atoms with E-state index in [2.05, 4.69) is 98.9 Å². The lowest BCUT2D eigenvalue weighted by Gasteiger charge is -2.24. The lowest BCUT2D eigenvalue weighted by Crippen LogP contribution is -2.37. The van der Waals surface area contributed by atoms with Gasteiger partial charge in [0.25, 0.3) is 0 Å². The van der Waals surface area contributed by atoms with Gasteiger partial charge < -0.3 is 18.9 Å². The van der Waals surface area contributed by atoms with Crippen LogP contribution in [-0.4, -0.2) is 74.9 Å². The molecule has 0 saturated heterocycles. The highest BCUT2D eigenvalue weighted by Gasteiger charge is 2.27. The van der Waals surface area contributed by atoms with Crippen LogP contribution < -0.4 is 0 Å². The number of nitrogens with zero attached hydrogens (tertiary/aromatic N) is 1. The molecule has 1 N–H and O–H groups in total. The van der Waals surface area contributed by atoms with E-state index < -0.39 is 26.5 Å². The van der Waals surface area contributed by atoms with Gasteiger partial charge in [-0.05, 0) is 89.9 Å². The summed E-state index contributed by atoms with van der Waals surface area (Å²) >= 11 is 0. The van der Waals surface area contributed by atoms with Crippen LogP contribution in [0.5, 0.6) is 0 Å². The second-order valence-corrected chi connectivity index (χ2v) is 23.9. The van der Waals surface area contributed by atoms with Crippen LogP contribution in [0, 0.1) is 0 Å². The second-order valence-electron chi connectivity index (χ2n) is 22.4. The Hall–Kier alpha value is -2.81. The highest BCUT2D eigenvalue weighted by Crippen LogP contribution is 2.43. The van der Waals surface area contributed by atoms with Crippen molar-refractivity contribution in [1.29, 1.82) is 0 Å². The summed E-state index contributed by atoms with van der Waals surface area (Å²) in [6.45, 7) is 4.32. The molecule has 0 saturated carbocycles. The number of hydrogen-bond donors (Lipinski definition) is 1. The molecule has 0 fully saturated rings. The summed E-state index contributed by atoms with van der Waals surface area (Å²) in [5.74, 6) is -0.799. The molecular formula is C67H121NO8P+. The van der Waals surface area contributed by atoms with E-state index in [1.807, 2.05) is 21.1 Å². The Morgan fingerprint density at radius 2 is 0.740 bits per heavy atom. The molecule has 0 rings (SSSR count). The van der Waals surface area contributed by atoms with Crippen LogP contribution in [0.4, 0.5) is 0 Å². The third-order valence-electron chi connectivity index (χ3n) is 13.7. The molecule has 0 bridgehead atoms. The van der Waals surface area contributed by atoms with E-state index in [9.17, 15) is 19.0 Å². The number of unbranched alkanes of at least 4 members (excludes halogenated alkanes) is 30. The lowest BCUT2D eigenvalue weighted by atomic mass is 10.0. The number of hydrogen-bond acceptors (Lipinski definition) is 7. The molecule has 0 aromatic heterocycles. The van der Waals surface area contributed by atoms with Gasteiger partial charge in [0.2, 0.25) is 0 Å². The van der Waals surface area contributed by atoms with Gasteiger partial charge in [-0.3, -0.25) is 18.6 Å². The van der Waals surface area contributed by atoms with Crippen LogP contribution in [0.25, 0.3) is 0 Å². The monoisotopic (exact) mass is 1100 g/mol. The van der Waals surface area contributed by atoms with Gasteiger partial charge in [-0.25, -0.2) is 4.57 Å². The average Bonchev–Trinajstić information content (AvgIpc) is 3.39. The molecule has 0 aliphatic heterocycles. The van der Waals surface area contributed by atoms with Crippen molar-refractivity contribution < 1.29 is 42.1 Å². The second kappa shape index (κ2) is 57.9. The molecule has 2 unspecified atom stereocenters. The SMILES string of the molecule is CC/C=C\C/C=C\C/C=C\C/C=C\C/C=C\CCCCCCCCCCCCCCCCCCCCCC(=O)OC(COC(=O)CCCCCCCCC/C=C\C/C=C\CCCCCC)COP(=O)(O)OCC[N+](C)(C)C. The standard InChI is InChI=1S/C67H120NO8P/c1-6-8-10-12-14-16-18-20-22-24-26-27-28-29-30-31-32-33-34-35-36-37-38-39-40-41-42-44-46-48-50-52-54-56-58-60-67(70)76-65(64-75-77(71,72)74-62-61-68(3,4)5)63-73-66(69)59-57-55-53-51-49-47-45-43-25-23-21-19-17-15-13-11-9-7-2/h8,10,14,16-17,19-20,22-23,25-27,29-30,65H,6-7,9,11-13,15,18,21,24,28,31-64H2,1-5H3/p+1/b10-8-,16-14-,19-17-,22-20-,25-23-,27-26-,30-29-. The van der Waals surface area contributed by atoms with E-state index in [0.717, 1.165) is 83.5 Å². The zero-order chi connectivity index (χ0) is 56.3. The van der Waals surface area contributed by atoms with E-state index in [0.29, 0.717) is 17.4 Å². The maximum atomic E-state index is 12.8. The Morgan fingerprint density at radius 1 is 0.416 bits per heavy atom. The number of ether oxygens (including phenoxy) is 2. The minimum atomic E-state index is -4.39. The number of carbonyl (C=O) groups excluding carboxylic acids is 2. The van der Waals surface area contributed by atoms with E-state index in [1.54, 1.807) is 0 Å². The molecule has 0 aliphatic carbocycles. The zero-order valence-electron chi connectivity index (χ0n) is 50.7. The first-order valence-electron chi connectivity index (χ1n) is 31.8. The minimum Gasteiger partial charge on any atom is -0.462 e. The smallest absolute Gasteiger partial charge is 0.462 e. The van der Waals surface area contributed by atoms with E-state index in [-0.39, 0.29) is 32.0 Å². The predicted octanol–water partition coefficient (Wildman–Crippen LogP) is 20.2. The van der Waals surface area contributed by atoms with Gasteiger partial charge in [0.15, 0.2) is 6.10 Å². The summed E-state index contributed by atoms with van der Waals surface area (Å²) in [6, 6.07) is 0. The molecule has 2 atom stereocenters. The van der Waals surface area contributed by atoms with E-state index in [1.165, 1.54) is 161 Å². The molecule has 446 valence electrons. The van der Waals surface area contributed by atoms with Gasteiger partial charge in [-0.15, -0.1) is 0 Å². The summed E-state index contributed by atoms with van der Waals surface area (Å²) in [7, 11) is 1.47. The van der Waals surface area contributed by atoms with Gasteiger partial charge in [0.1, 0.15) is 19.8 Å². The average molecular weight is 1100 g/mol. The summed E-state index contributed by atoms with van der Waals surface area (Å²) in [6.07, 6.45) is 78.1. The molecule has 0 aliphatic rings. The van der Waals surface area contributed by atoms with Crippen LogP contribution in [0.3, 0.4) is 0 Å². The lowest BCUT2D eigenvalue weighted by molar-refractivity contribution is -0.870. The molecule has 0 amide bonds. The van der Waals surface area contributed by atoms with Gasteiger partial charge in [0, 0.05) is 12.8 Å². The van der Waals surface area contributed by atoms with E-state index >= 15 is 0 Å². The van der Waals surface area contributed by atoms with Crippen LogP contribution in [0.1, 0.15) is 277 Å². The Morgan fingerprint density at radius 3 is 1.10 bits per heavy atom. The fourth-order valence-corrected chi connectivity index (χ4v) is 9.52. The minimum absolute atomic E-state index is 0.0290. The molecule has 0 aromatic carbocycles. The van der Waals surface area contributed by atoms with Crippen molar-refractivity contribution in [2.24, 2.45) is 0 Å². The van der Waals surface area contributed by atoms with Gasteiger partial charge in [-0.1, -0.05) is 259 Å². The summed E-state index contributed by atoms with van der Waals surface area (Å²) < 4.78 is 34.6. The van der Waals surface area contributed by atoms with Crippen molar-refractivity contribution in [2.75, 3.05) is 47.5 Å². The van der Waals surface area contributed by atoms with Crippen LogP contribution in [-0.2, 0) is 32.7 Å². The van der Waals surface area contributed by atoms with Crippen molar-refractivity contribution in [3.05, 3.63) is 85.1 Å². The van der Waals surface area contributed by atoms with Crippen molar-refractivity contribution in [3.8, 4) is 0 Å². The van der Waals surface area contributed by atoms with Gasteiger partial charge >= 0.3 is 19.8 Å². The van der Waals surface area contributed by atoms with Crippen molar-refractivity contribution >= 4 is 19.8 Å². The van der Waals surface area contributed by atoms with Crippen LogP contribution in [0.15, 0.2) is 85.1 Å². The number of carbonyl (C=O) groups is 2. The first kappa shape index (κ1) is 74.2. The fraction of sp³-hybridized carbons (Fsp3) is 0.761. The molecule has 77 heavy (non-hydrogen) atoms. The Bertz CT molecular complexity index is 1580. The number of rotatable bonds is 58. The Kier molecular flexibility index (Phi) is 55.8. The first-order chi connectivity index (χ1) is 37.5. The predicted molar refractivity (Wildman–Crippen MR) is 330 cm³/mol. The van der Waals surface area contributed by atoms with Crippen LogP contribution >= 0.6 is 7.82 Å². The third kappa shape index (κ3) is 62.3. The number of esters is 2. The largest absolute Gasteiger partial charge is 0.472 e. The highest BCUT2D eigenvalue weighted by molar-refractivity contribution is 7.47. The zero-order valence-corrected chi connectivity index (χ0v) is 51.6. The summed E-state index contributed by atoms with van der Waals surface area (Å²) in [5, 5.41) is 0. The molecule has 10 heteroatoms. The van der Waals surface area contributed by atoms with Crippen molar-refractivity contribution in [2.45, 2.75) is 283 Å². The van der Waals surface area contributed by atoms with Crippen molar-refractivity contribution in [3.63, 3.8) is 0 Å².